The van der Waals surface area contributed by atoms with Gasteiger partial charge in [0.25, 0.3) is 0 Å². The summed E-state index contributed by atoms with van der Waals surface area (Å²) in [6.07, 6.45) is 9.60. The van der Waals surface area contributed by atoms with E-state index in [4.69, 9.17) is 0 Å². The van der Waals surface area contributed by atoms with Gasteiger partial charge in [-0.25, -0.2) is 9.67 Å². The van der Waals surface area contributed by atoms with E-state index in [1.165, 1.54) is 22.5 Å². The molecule has 6 heteroatoms. The van der Waals surface area contributed by atoms with Crippen LogP contribution in [0.25, 0.3) is 28.3 Å². The van der Waals surface area contributed by atoms with Gasteiger partial charge < -0.3 is 4.98 Å². The van der Waals surface area contributed by atoms with Crippen molar-refractivity contribution in [1.29, 1.82) is 0 Å². The standard InChI is InChI=1S/C19H18N6/c1-2-24-17-8-5-14-11-23-25(18(14)16(17)12-22-24)15-6-3-13(4-7-15)19-20-9-10-21-19/h3-4,6-7,9-12H,2,5,8H2,1H3,(H,20,21). The number of aryl methyl sites for hydroxylation is 2. The van der Waals surface area contributed by atoms with Crippen LogP contribution in [0.2, 0.25) is 0 Å². The van der Waals surface area contributed by atoms with Gasteiger partial charge in [-0.3, -0.25) is 4.68 Å². The fraction of sp³-hybridized carbons (Fsp3) is 0.211. The van der Waals surface area contributed by atoms with E-state index in [1.807, 2.05) is 23.3 Å². The molecular formula is C19H18N6. The van der Waals surface area contributed by atoms with E-state index in [0.717, 1.165) is 36.5 Å². The van der Waals surface area contributed by atoms with E-state index in [1.54, 1.807) is 6.20 Å². The van der Waals surface area contributed by atoms with E-state index in [0.29, 0.717) is 0 Å². The number of imidazole rings is 1. The quantitative estimate of drug-likeness (QED) is 0.627. The molecule has 25 heavy (non-hydrogen) atoms. The van der Waals surface area contributed by atoms with E-state index in [9.17, 15) is 0 Å². The minimum absolute atomic E-state index is 0.876. The Bertz CT molecular complexity index is 1020. The zero-order chi connectivity index (χ0) is 16.8. The number of benzene rings is 1. The zero-order valence-corrected chi connectivity index (χ0v) is 14.0. The van der Waals surface area contributed by atoms with Gasteiger partial charge in [0, 0.05) is 35.8 Å². The van der Waals surface area contributed by atoms with Crippen LogP contribution in [0.3, 0.4) is 0 Å². The summed E-state index contributed by atoms with van der Waals surface area (Å²) in [6, 6.07) is 8.32. The maximum atomic E-state index is 4.65. The van der Waals surface area contributed by atoms with Gasteiger partial charge in [0.1, 0.15) is 5.82 Å². The molecular weight excluding hydrogens is 312 g/mol. The summed E-state index contributed by atoms with van der Waals surface area (Å²) in [6.45, 7) is 3.03. The minimum Gasteiger partial charge on any atom is -0.345 e. The van der Waals surface area contributed by atoms with Gasteiger partial charge in [-0.1, -0.05) is 0 Å². The largest absolute Gasteiger partial charge is 0.345 e. The van der Waals surface area contributed by atoms with Crippen LogP contribution >= 0.6 is 0 Å². The Kier molecular flexibility index (Phi) is 3.09. The third kappa shape index (κ3) is 2.14. The van der Waals surface area contributed by atoms with E-state index >= 15 is 0 Å². The van der Waals surface area contributed by atoms with Crippen molar-refractivity contribution in [2.45, 2.75) is 26.3 Å². The zero-order valence-electron chi connectivity index (χ0n) is 14.0. The van der Waals surface area contributed by atoms with Crippen LogP contribution < -0.4 is 0 Å². The molecule has 1 aromatic carbocycles. The van der Waals surface area contributed by atoms with Gasteiger partial charge in [-0.15, -0.1) is 0 Å². The number of hydrogen-bond donors (Lipinski definition) is 1. The van der Waals surface area contributed by atoms with Crippen molar-refractivity contribution in [2.75, 3.05) is 0 Å². The Morgan fingerprint density at radius 2 is 1.96 bits per heavy atom. The Balaban J connectivity index is 1.59. The molecule has 1 aliphatic carbocycles. The summed E-state index contributed by atoms with van der Waals surface area (Å²) < 4.78 is 4.12. The number of aromatic nitrogens is 6. The first-order valence-corrected chi connectivity index (χ1v) is 8.57. The average Bonchev–Trinajstić information content (AvgIpc) is 3.39. The predicted octanol–water partition coefficient (Wildman–Crippen LogP) is 3.24. The van der Waals surface area contributed by atoms with Crippen molar-refractivity contribution in [1.82, 2.24) is 29.5 Å². The van der Waals surface area contributed by atoms with Gasteiger partial charge in [0.15, 0.2) is 0 Å². The highest BCUT2D eigenvalue weighted by Crippen LogP contribution is 2.35. The summed E-state index contributed by atoms with van der Waals surface area (Å²) in [5, 5.41) is 9.19. The van der Waals surface area contributed by atoms with Gasteiger partial charge in [-0.2, -0.15) is 10.2 Å². The molecule has 0 fully saturated rings. The van der Waals surface area contributed by atoms with Crippen LogP contribution in [0.1, 0.15) is 18.2 Å². The second-order valence-corrected chi connectivity index (χ2v) is 6.24. The molecule has 0 radical (unpaired) electrons. The molecule has 1 N–H and O–H groups in total. The molecule has 0 bridgehead atoms. The van der Waals surface area contributed by atoms with Gasteiger partial charge >= 0.3 is 0 Å². The number of hydrogen-bond acceptors (Lipinski definition) is 3. The van der Waals surface area contributed by atoms with Crippen molar-refractivity contribution in [2.24, 2.45) is 0 Å². The van der Waals surface area contributed by atoms with Crippen molar-refractivity contribution in [3.63, 3.8) is 0 Å². The van der Waals surface area contributed by atoms with E-state index in [2.05, 4.69) is 56.0 Å². The highest BCUT2D eigenvalue weighted by Gasteiger charge is 2.25. The number of aromatic amines is 1. The molecule has 5 rings (SSSR count). The molecule has 0 saturated carbocycles. The summed E-state index contributed by atoms with van der Waals surface area (Å²) >= 11 is 0. The smallest absolute Gasteiger partial charge is 0.137 e. The monoisotopic (exact) mass is 330 g/mol. The van der Waals surface area contributed by atoms with Crippen molar-refractivity contribution in [3.05, 3.63) is 60.3 Å². The lowest BCUT2D eigenvalue weighted by molar-refractivity contribution is 0.617. The SMILES string of the molecule is CCn1ncc2c1CCc1cnn(-c3ccc(-c4ncc[nH]4)cc3)c1-2. The summed E-state index contributed by atoms with van der Waals surface area (Å²) in [5.41, 5.74) is 7.09. The predicted molar refractivity (Wildman–Crippen MR) is 95.4 cm³/mol. The lowest BCUT2D eigenvalue weighted by Crippen LogP contribution is -2.10. The van der Waals surface area contributed by atoms with Crippen LogP contribution in [-0.4, -0.2) is 29.5 Å². The summed E-state index contributed by atoms with van der Waals surface area (Å²) in [7, 11) is 0. The molecule has 0 amide bonds. The molecule has 124 valence electrons. The number of nitrogens with zero attached hydrogens (tertiary/aromatic N) is 5. The number of rotatable bonds is 3. The second-order valence-electron chi connectivity index (χ2n) is 6.24. The molecule has 0 unspecified atom stereocenters. The van der Waals surface area contributed by atoms with Crippen LogP contribution in [0.15, 0.2) is 49.1 Å². The molecule has 0 aliphatic heterocycles. The fourth-order valence-corrected chi connectivity index (χ4v) is 3.63. The Morgan fingerprint density at radius 1 is 1.08 bits per heavy atom. The summed E-state index contributed by atoms with van der Waals surface area (Å²) in [4.78, 5) is 7.44. The highest BCUT2D eigenvalue weighted by molar-refractivity contribution is 5.70. The first-order chi connectivity index (χ1) is 12.3. The highest BCUT2D eigenvalue weighted by atomic mass is 15.3. The lowest BCUT2D eigenvalue weighted by atomic mass is 9.96. The molecule has 3 heterocycles. The maximum Gasteiger partial charge on any atom is 0.137 e. The lowest BCUT2D eigenvalue weighted by Gasteiger charge is -2.16. The van der Waals surface area contributed by atoms with Gasteiger partial charge in [0.05, 0.1) is 23.8 Å². The maximum absolute atomic E-state index is 4.65. The van der Waals surface area contributed by atoms with E-state index < -0.39 is 0 Å². The van der Waals surface area contributed by atoms with Crippen molar-refractivity contribution < 1.29 is 0 Å². The van der Waals surface area contributed by atoms with E-state index in [-0.39, 0.29) is 0 Å². The molecule has 3 aromatic heterocycles. The van der Waals surface area contributed by atoms with Crippen LogP contribution in [0.5, 0.6) is 0 Å². The van der Waals surface area contributed by atoms with Crippen LogP contribution in [0, 0.1) is 0 Å². The fourth-order valence-electron chi connectivity index (χ4n) is 3.63. The summed E-state index contributed by atoms with van der Waals surface area (Å²) in [5.74, 6) is 0.876. The third-order valence-electron chi connectivity index (χ3n) is 4.86. The Labute approximate surface area is 145 Å². The van der Waals surface area contributed by atoms with Crippen molar-refractivity contribution >= 4 is 0 Å². The number of fused-ring (bicyclic) bond motifs is 3. The van der Waals surface area contributed by atoms with Gasteiger partial charge in [-0.05, 0) is 49.6 Å². The number of H-pyrrole nitrogens is 1. The number of nitrogens with one attached hydrogen (secondary N) is 1. The van der Waals surface area contributed by atoms with Crippen LogP contribution in [0.4, 0.5) is 0 Å². The average molecular weight is 330 g/mol. The van der Waals surface area contributed by atoms with Gasteiger partial charge in [0.2, 0.25) is 0 Å². The Morgan fingerprint density at radius 3 is 2.72 bits per heavy atom. The first-order valence-electron chi connectivity index (χ1n) is 8.57. The molecule has 0 spiro atoms. The first kappa shape index (κ1) is 14.2. The topological polar surface area (TPSA) is 64.3 Å². The molecule has 0 saturated heterocycles. The normalized spacial score (nSPS) is 12.8. The molecule has 0 atom stereocenters. The molecule has 6 nitrogen and oxygen atoms in total. The molecule has 4 aromatic rings. The third-order valence-corrected chi connectivity index (χ3v) is 4.86. The van der Waals surface area contributed by atoms with Crippen LogP contribution in [-0.2, 0) is 19.4 Å². The molecule has 1 aliphatic rings. The Hall–Kier alpha value is -3.15. The van der Waals surface area contributed by atoms with Crippen molar-refractivity contribution in [3.8, 4) is 28.3 Å². The minimum atomic E-state index is 0.876. The second kappa shape index (κ2) is 5.44.